The summed E-state index contributed by atoms with van der Waals surface area (Å²) in [4.78, 5) is 27.1. The molecule has 2 aromatic carbocycles. The normalized spacial score (nSPS) is 12.2. The van der Waals surface area contributed by atoms with Gasteiger partial charge in [0.1, 0.15) is 6.04 Å². The number of rotatable bonds is 11. The van der Waals surface area contributed by atoms with Gasteiger partial charge in [0.05, 0.1) is 11.9 Å². The molecule has 0 fully saturated rings. The average Bonchev–Trinajstić information content (AvgIpc) is 2.73. The topological polar surface area (TPSA) is 86.8 Å². The van der Waals surface area contributed by atoms with Crippen LogP contribution in [0, 0.1) is 0 Å². The zero-order valence-corrected chi connectivity index (χ0v) is 21.3. The molecule has 2 amide bonds. The lowest BCUT2D eigenvalue weighted by atomic mass is 10.1. The van der Waals surface area contributed by atoms with Gasteiger partial charge >= 0.3 is 0 Å². The lowest BCUT2D eigenvalue weighted by Crippen LogP contribution is -2.47. The molecule has 0 heterocycles. The van der Waals surface area contributed by atoms with Gasteiger partial charge in [0, 0.05) is 36.1 Å². The Balaban J connectivity index is 2.15. The molecule has 0 radical (unpaired) electrons. The third-order valence-corrected chi connectivity index (χ3v) is 6.67. The van der Waals surface area contributed by atoms with Crippen molar-refractivity contribution >= 4 is 50.7 Å². The molecular weight excluding hydrogens is 485 g/mol. The minimum absolute atomic E-state index is 0.0664. The van der Waals surface area contributed by atoms with Crippen LogP contribution in [0.25, 0.3) is 0 Å². The number of hydrogen-bond donors (Lipinski definition) is 1. The van der Waals surface area contributed by atoms with Crippen LogP contribution in [0.15, 0.2) is 48.5 Å². The molecule has 2 aromatic rings. The van der Waals surface area contributed by atoms with Crippen molar-refractivity contribution < 1.29 is 18.0 Å². The Morgan fingerprint density at radius 1 is 1.06 bits per heavy atom. The molecule has 7 nitrogen and oxygen atoms in total. The standard InChI is InChI=1S/C23H29Cl2N3O4S/c1-4-26-23(30)17(2)27(16-18-8-5-9-19(24)14-18)22(29)12-7-13-28(33(3,31)32)21-11-6-10-20(25)15-21/h5-6,8-11,14-15,17H,4,7,12-13,16H2,1-3H3,(H,26,30)/t17-/m0/s1. The fourth-order valence-corrected chi connectivity index (χ4v) is 4.73. The van der Waals surface area contributed by atoms with E-state index in [0.717, 1.165) is 11.8 Å². The maximum atomic E-state index is 13.1. The van der Waals surface area contributed by atoms with E-state index in [1.807, 2.05) is 13.0 Å². The fraction of sp³-hybridized carbons (Fsp3) is 0.391. The van der Waals surface area contributed by atoms with Gasteiger partial charge in [-0.15, -0.1) is 0 Å². The molecule has 180 valence electrons. The fourth-order valence-electron chi connectivity index (χ4n) is 3.37. The smallest absolute Gasteiger partial charge is 0.242 e. The second-order valence-corrected chi connectivity index (χ2v) is 10.4. The summed E-state index contributed by atoms with van der Waals surface area (Å²) in [6.07, 6.45) is 1.45. The number of sulfonamides is 1. The Hall–Kier alpha value is -2.29. The van der Waals surface area contributed by atoms with Crippen LogP contribution in [0.5, 0.6) is 0 Å². The van der Waals surface area contributed by atoms with Crippen molar-refractivity contribution in [3.8, 4) is 0 Å². The second-order valence-electron chi connectivity index (χ2n) is 7.64. The highest BCUT2D eigenvalue weighted by Crippen LogP contribution is 2.23. The van der Waals surface area contributed by atoms with Gasteiger partial charge in [0.25, 0.3) is 0 Å². The summed E-state index contributed by atoms with van der Waals surface area (Å²) in [5.41, 5.74) is 1.23. The first kappa shape index (κ1) is 27.0. The predicted octanol–water partition coefficient (Wildman–Crippen LogP) is 4.09. The largest absolute Gasteiger partial charge is 0.355 e. The summed E-state index contributed by atoms with van der Waals surface area (Å²) >= 11 is 12.1. The van der Waals surface area contributed by atoms with Crippen molar-refractivity contribution in [3.63, 3.8) is 0 Å². The number of likely N-dealkylation sites (N-methyl/N-ethyl adjacent to an activating group) is 1. The number of hydrogen-bond acceptors (Lipinski definition) is 4. The van der Waals surface area contributed by atoms with Gasteiger partial charge in [-0.3, -0.25) is 13.9 Å². The van der Waals surface area contributed by atoms with Gasteiger partial charge in [0.2, 0.25) is 21.8 Å². The molecule has 1 atom stereocenters. The molecule has 2 rings (SSSR count). The molecule has 0 aliphatic carbocycles. The van der Waals surface area contributed by atoms with E-state index < -0.39 is 16.1 Å². The summed E-state index contributed by atoms with van der Waals surface area (Å²) in [6, 6.07) is 12.9. The quantitative estimate of drug-likeness (QED) is 0.490. The summed E-state index contributed by atoms with van der Waals surface area (Å²) in [5.74, 6) is -0.516. The number of carbonyl (C=O) groups is 2. The SMILES string of the molecule is CCNC(=O)[C@H](C)N(Cc1cccc(Cl)c1)C(=O)CCCN(c1cccc(Cl)c1)S(C)(=O)=O. The molecule has 0 saturated heterocycles. The minimum atomic E-state index is -3.57. The molecule has 0 unspecified atom stereocenters. The number of anilines is 1. The van der Waals surface area contributed by atoms with Gasteiger partial charge in [0.15, 0.2) is 0 Å². The third-order valence-electron chi connectivity index (χ3n) is 5.01. The number of halogens is 2. The molecule has 0 bridgehead atoms. The average molecular weight is 514 g/mol. The van der Waals surface area contributed by atoms with E-state index in [0.29, 0.717) is 22.3 Å². The van der Waals surface area contributed by atoms with Crippen LogP contribution in [0.4, 0.5) is 5.69 Å². The number of amides is 2. The van der Waals surface area contributed by atoms with Crippen LogP contribution in [-0.2, 0) is 26.2 Å². The molecule has 0 saturated carbocycles. The number of benzene rings is 2. The van der Waals surface area contributed by atoms with E-state index >= 15 is 0 Å². The van der Waals surface area contributed by atoms with Crippen LogP contribution in [-0.4, -0.2) is 50.5 Å². The second kappa shape index (κ2) is 12.3. The summed E-state index contributed by atoms with van der Waals surface area (Å²) in [6.45, 7) is 4.24. The van der Waals surface area contributed by atoms with Crippen molar-refractivity contribution in [1.82, 2.24) is 10.2 Å². The lowest BCUT2D eigenvalue weighted by molar-refractivity contribution is -0.140. The van der Waals surface area contributed by atoms with E-state index in [-0.39, 0.29) is 37.7 Å². The van der Waals surface area contributed by atoms with Gasteiger partial charge in [-0.1, -0.05) is 41.4 Å². The Kier molecular flexibility index (Phi) is 10.0. The van der Waals surface area contributed by atoms with Crippen molar-refractivity contribution in [2.24, 2.45) is 0 Å². The third kappa shape index (κ3) is 8.21. The van der Waals surface area contributed by atoms with Crippen LogP contribution >= 0.6 is 23.2 Å². The highest BCUT2D eigenvalue weighted by atomic mass is 35.5. The monoisotopic (exact) mass is 513 g/mol. The Labute approximate surface area is 205 Å². The molecule has 10 heteroatoms. The molecule has 33 heavy (non-hydrogen) atoms. The van der Waals surface area contributed by atoms with Crippen LogP contribution < -0.4 is 9.62 Å². The highest BCUT2D eigenvalue weighted by Gasteiger charge is 2.26. The maximum Gasteiger partial charge on any atom is 0.242 e. The van der Waals surface area contributed by atoms with E-state index in [9.17, 15) is 18.0 Å². The summed E-state index contributed by atoms with van der Waals surface area (Å²) < 4.78 is 25.9. The minimum Gasteiger partial charge on any atom is -0.355 e. The molecule has 0 spiro atoms. The van der Waals surface area contributed by atoms with E-state index in [1.54, 1.807) is 49.4 Å². The summed E-state index contributed by atoms with van der Waals surface area (Å²) in [7, 11) is -3.57. The van der Waals surface area contributed by atoms with Crippen molar-refractivity contribution in [3.05, 3.63) is 64.1 Å². The van der Waals surface area contributed by atoms with Crippen LogP contribution in [0.2, 0.25) is 10.0 Å². The van der Waals surface area contributed by atoms with E-state index in [1.165, 1.54) is 9.21 Å². The molecule has 0 aliphatic rings. The molecule has 0 aliphatic heterocycles. The van der Waals surface area contributed by atoms with Gasteiger partial charge in [-0.25, -0.2) is 8.42 Å². The van der Waals surface area contributed by atoms with Gasteiger partial charge < -0.3 is 10.2 Å². The van der Waals surface area contributed by atoms with Gasteiger partial charge in [-0.05, 0) is 56.2 Å². The lowest BCUT2D eigenvalue weighted by Gasteiger charge is -2.29. The first-order chi connectivity index (χ1) is 15.5. The van der Waals surface area contributed by atoms with Crippen LogP contribution in [0.1, 0.15) is 32.3 Å². The zero-order chi connectivity index (χ0) is 24.6. The van der Waals surface area contributed by atoms with E-state index in [4.69, 9.17) is 23.2 Å². The Bertz CT molecular complexity index is 1080. The molecular formula is C23H29Cl2N3O4S. The molecule has 1 N–H and O–H groups in total. The van der Waals surface area contributed by atoms with Gasteiger partial charge in [-0.2, -0.15) is 0 Å². The Morgan fingerprint density at radius 2 is 1.70 bits per heavy atom. The highest BCUT2D eigenvalue weighted by molar-refractivity contribution is 7.92. The van der Waals surface area contributed by atoms with E-state index in [2.05, 4.69) is 5.32 Å². The van der Waals surface area contributed by atoms with Crippen molar-refractivity contribution in [2.45, 2.75) is 39.3 Å². The zero-order valence-electron chi connectivity index (χ0n) is 18.9. The van der Waals surface area contributed by atoms with Crippen molar-refractivity contribution in [2.75, 3.05) is 23.7 Å². The van der Waals surface area contributed by atoms with Crippen molar-refractivity contribution in [1.29, 1.82) is 0 Å². The number of carbonyl (C=O) groups excluding carboxylic acids is 2. The molecule has 0 aromatic heterocycles. The first-order valence-corrected chi connectivity index (χ1v) is 13.2. The van der Waals surface area contributed by atoms with Crippen LogP contribution in [0.3, 0.4) is 0 Å². The number of nitrogens with zero attached hydrogens (tertiary/aromatic N) is 2. The first-order valence-electron chi connectivity index (χ1n) is 10.6. The summed E-state index contributed by atoms with van der Waals surface area (Å²) in [5, 5.41) is 3.70. The predicted molar refractivity (Wildman–Crippen MR) is 133 cm³/mol. The Morgan fingerprint density at radius 3 is 2.27 bits per heavy atom. The number of nitrogens with one attached hydrogen (secondary N) is 1. The maximum absolute atomic E-state index is 13.1.